The number of fused-ring (bicyclic) bond motifs is 1. The van der Waals surface area contributed by atoms with Crippen molar-refractivity contribution in [1.82, 2.24) is 9.88 Å². The van der Waals surface area contributed by atoms with E-state index < -0.39 is 0 Å². The second-order valence-electron chi connectivity index (χ2n) is 6.39. The Balaban J connectivity index is 1.75. The number of nitrogens with zero attached hydrogens (tertiary/aromatic N) is 2. The molecule has 0 unspecified atom stereocenters. The van der Waals surface area contributed by atoms with E-state index in [4.69, 9.17) is 18.0 Å². The summed E-state index contributed by atoms with van der Waals surface area (Å²) in [4.78, 5) is 30.9. The minimum Gasteiger partial charge on any atom is -0.332 e. The summed E-state index contributed by atoms with van der Waals surface area (Å²) in [5.74, 6) is 1.90. The van der Waals surface area contributed by atoms with Gasteiger partial charge >= 0.3 is 0 Å². The van der Waals surface area contributed by atoms with Gasteiger partial charge in [0.05, 0.1) is 23.3 Å². The van der Waals surface area contributed by atoms with E-state index in [-0.39, 0.29) is 18.4 Å². The lowest BCUT2D eigenvalue weighted by Crippen LogP contribution is -2.35. The van der Waals surface area contributed by atoms with Crippen molar-refractivity contribution in [3.63, 3.8) is 0 Å². The number of terminal acetylenes is 1. The minimum atomic E-state index is -0.320. The number of aromatic nitrogens is 1. The summed E-state index contributed by atoms with van der Waals surface area (Å²) in [5.41, 5.74) is 3.03. The lowest BCUT2D eigenvalue weighted by atomic mass is 10.1. The normalized spacial score (nSPS) is 10.4. The van der Waals surface area contributed by atoms with Crippen molar-refractivity contribution in [3.05, 3.63) is 70.4 Å². The van der Waals surface area contributed by atoms with Gasteiger partial charge in [0.25, 0.3) is 5.91 Å². The van der Waals surface area contributed by atoms with Crippen LogP contribution in [0.25, 0.3) is 10.9 Å². The molecule has 0 saturated carbocycles. The van der Waals surface area contributed by atoms with Gasteiger partial charge in [-0.3, -0.25) is 14.6 Å². The van der Waals surface area contributed by atoms with Crippen LogP contribution in [0, 0.1) is 19.3 Å². The number of carbonyl (C=O) groups is 2. The highest BCUT2D eigenvalue weighted by atomic mass is 35.5. The fourth-order valence-electron chi connectivity index (χ4n) is 2.84. The number of aryl methyl sites for hydroxylation is 1. The molecule has 0 aliphatic carbocycles. The lowest BCUT2D eigenvalue weighted by Gasteiger charge is -2.18. The van der Waals surface area contributed by atoms with Crippen molar-refractivity contribution in [3.8, 4) is 12.3 Å². The molecule has 0 aliphatic heterocycles. The molecule has 5 nitrogen and oxygen atoms in total. The summed E-state index contributed by atoms with van der Waals surface area (Å²) in [5, 5.41) is 4.08. The van der Waals surface area contributed by atoms with Crippen LogP contribution < -0.4 is 5.32 Å². The fraction of sp³-hybridized carbons (Fsp3) is 0.136. The van der Waals surface area contributed by atoms with Gasteiger partial charge in [-0.05, 0) is 49.4 Å². The number of benzene rings is 2. The predicted molar refractivity (Wildman–Crippen MR) is 111 cm³/mol. The number of anilines is 1. The first kappa shape index (κ1) is 19.4. The first-order chi connectivity index (χ1) is 13.4. The van der Waals surface area contributed by atoms with Crippen LogP contribution in [0.5, 0.6) is 0 Å². The molecular formula is C22H18ClN3O2. The number of nitrogens with one attached hydrogen (secondary N) is 1. The minimum absolute atomic E-state index is 0.105. The van der Waals surface area contributed by atoms with E-state index in [1.807, 2.05) is 0 Å². The molecule has 140 valence electrons. The van der Waals surface area contributed by atoms with Gasteiger partial charge in [0, 0.05) is 28.7 Å². The molecule has 0 bridgehead atoms. The average Bonchev–Trinajstić information content (AvgIpc) is 2.67. The van der Waals surface area contributed by atoms with E-state index >= 15 is 0 Å². The summed E-state index contributed by atoms with van der Waals surface area (Å²) < 4.78 is 0. The van der Waals surface area contributed by atoms with Crippen LogP contribution >= 0.6 is 11.6 Å². The van der Waals surface area contributed by atoms with Gasteiger partial charge in [0.2, 0.25) is 5.91 Å². The summed E-state index contributed by atoms with van der Waals surface area (Å²) >= 11 is 6.03. The SMILES string of the molecule is C#Cc1cccc(NC(=O)CN(C)C(=O)c2cc3cc(Cl)ccc3nc2C)c1. The van der Waals surface area contributed by atoms with Crippen LogP contribution in [-0.2, 0) is 4.79 Å². The number of pyridine rings is 1. The highest BCUT2D eigenvalue weighted by Gasteiger charge is 2.18. The smallest absolute Gasteiger partial charge is 0.255 e. The molecule has 1 N–H and O–H groups in total. The summed E-state index contributed by atoms with van der Waals surface area (Å²) in [6.07, 6.45) is 5.37. The zero-order valence-corrected chi connectivity index (χ0v) is 16.2. The standard InChI is InChI=1S/C22H18ClN3O2/c1-4-15-6-5-7-18(10-15)25-21(27)13-26(3)22(28)19-12-16-11-17(23)8-9-20(16)24-14(19)2/h1,5-12H,13H2,2-3H3,(H,25,27). The molecule has 28 heavy (non-hydrogen) atoms. The zero-order valence-electron chi connectivity index (χ0n) is 15.5. The molecule has 1 heterocycles. The maximum absolute atomic E-state index is 12.8. The Morgan fingerprint density at radius 2 is 2.00 bits per heavy atom. The molecule has 2 aromatic carbocycles. The van der Waals surface area contributed by atoms with Crippen LogP contribution in [0.3, 0.4) is 0 Å². The molecular weight excluding hydrogens is 374 g/mol. The Bertz CT molecular complexity index is 1120. The molecule has 3 rings (SSSR count). The number of halogens is 1. The van der Waals surface area contributed by atoms with Gasteiger partial charge in [-0.25, -0.2) is 0 Å². The van der Waals surface area contributed by atoms with Crippen molar-refractivity contribution >= 4 is 40.0 Å². The number of amides is 2. The van der Waals surface area contributed by atoms with Crippen molar-refractivity contribution in [1.29, 1.82) is 0 Å². The molecule has 6 heteroatoms. The lowest BCUT2D eigenvalue weighted by molar-refractivity contribution is -0.116. The van der Waals surface area contributed by atoms with E-state index in [9.17, 15) is 9.59 Å². The van der Waals surface area contributed by atoms with Crippen molar-refractivity contribution in [2.45, 2.75) is 6.92 Å². The van der Waals surface area contributed by atoms with Crippen molar-refractivity contribution in [2.75, 3.05) is 18.9 Å². The molecule has 0 spiro atoms. The zero-order chi connectivity index (χ0) is 20.3. The van der Waals surface area contributed by atoms with Gasteiger partial charge in [0.15, 0.2) is 0 Å². The molecule has 0 atom stereocenters. The van der Waals surface area contributed by atoms with Crippen molar-refractivity contribution < 1.29 is 9.59 Å². The van der Waals surface area contributed by atoms with Gasteiger partial charge in [-0.15, -0.1) is 6.42 Å². The number of likely N-dealkylation sites (N-methyl/N-ethyl adjacent to an activating group) is 1. The van der Waals surface area contributed by atoms with E-state index in [0.717, 1.165) is 10.9 Å². The Hall–Kier alpha value is -3.36. The van der Waals surface area contributed by atoms with Gasteiger partial charge in [0.1, 0.15) is 0 Å². The summed E-state index contributed by atoms with van der Waals surface area (Å²) in [6, 6.07) is 14.0. The van der Waals surface area contributed by atoms with Crippen LogP contribution in [0.15, 0.2) is 48.5 Å². The average molecular weight is 392 g/mol. The largest absolute Gasteiger partial charge is 0.332 e. The van der Waals surface area contributed by atoms with Crippen LogP contribution in [-0.4, -0.2) is 35.3 Å². The third-order valence-electron chi connectivity index (χ3n) is 4.24. The first-order valence-electron chi connectivity index (χ1n) is 8.56. The number of hydrogen-bond acceptors (Lipinski definition) is 3. The Morgan fingerprint density at radius 1 is 1.21 bits per heavy atom. The Labute approximate surface area is 168 Å². The third-order valence-corrected chi connectivity index (χ3v) is 4.47. The van der Waals surface area contributed by atoms with Crippen molar-refractivity contribution in [2.24, 2.45) is 0 Å². The number of rotatable bonds is 4. The third kappa shape index (κ3) is 4.30. The molecule has 3 aromatic rings. The monoisotopic (exact) mass is 391 g/mol. The van der Waals surface area contributed by atoms with Crippen LogP contribution in [0.2, 0.25) is 5.02 Å². The molecule has 0 fully saturated rings. The topological polar surface area (TPSA) is 62.3 Å². The maximum atomic E-state index is 12.8. The van der Waals surface area contributed by atoms with Gasteiger partial charge < -0.3 is 10.2 Å². The summed E-state index contributed by atoms with van der Waals surface area (Å²) in [7, 11) is 1.57. The number of hydrogen-bond donors (Lipinski definition) is 1. The highest BCUT2D eigenvalue weighted by molar-refractivity contribution is 6.31. The molecule has 2 amide bonds. The fourth-order valence-corrected chi connectivity index (χ4v) is 3.02. The van der Waals surface area contributed by atoms with Crippen LogP contribution in [0.1, 0.15) is 21.6 Å². The molecule has 0 radical (unpaired) electrons. The predicted octanol–water partition coefficient (Wildman–Crippen LogP) is 3.89. The second kappa shape index (κ2) is 8.12. The molecule has 1 aromatic heterocycles. The van der Waals surface area contributed by atoms with E-state index in [0.29, 0.717) is 27.5 Å². The molecule has 0 saturated heterocycles. The van der Waals surface area contributed by atoms with E-state index in [1.165, 1.54) is 4.90 Å². The second-order valence-corrected chi connectivity index (χ2v) is 6.83. The Kier molecular flexibility index (Phi) is 5.62. The molecule has 0 aliphatic rings. The summed E-state index contributed by atoms with van der Waals surface area (Å²) in [6.45, 7) is 1.66. The van der Waals surface area contributed by atoms with Gasteiger partial charge in [-0.1, -0.05) is 23.6 Å². The van der Waals surface area contributed by atoms with E-state index in [1.54, 1.807) is 62.5 Å². The number of carbonyl (C=O) groups excluding carboxylic acids is 2. The van der Waals surface area contributed by atoms with E-state index in [2.05, 4.69) is 16.2 Å². The van der Waals surface area contributed by atoms with Gasteiger partial charge in [-0.2, -0.15) is 0 Å². The Morgan fingerprint density at radius 3 is 2.75 bits per heavy atom. The quantitative estimate of drug-likeness (QED) is 0.686. The van der Waals surface area contributed by atoms with Crippen LogP contribution in [0.4, 0.5) is 5.69 Å². The maximum Gasteiger partial charge on any atom is 0.255 e. The highest BCUT2D eigenvalue weighted by Crippen LogP contribution is 2.21. The first-order valence-corrected chi connectivity index (χ1v) is 8.94.